The zero-order chi connectivity index (χ0) is 18.7. The van der Waals surface area contributed by atoms with E-state index in [-0.39, 0.29) is 17.9 Å². The molecule has 1 aromatic carbocycles. The van der Waals surface area contributed by atoms with Crippen molar-refractivity contribution in [1.82, 2.24) is 4.90 Å². The second-order valence-corrected chi connectivity index (χ2v) is 7.19. The van der Waals surface area contributed by atoms with Crippen LogP contribution in [0.5, 0.6) is 0 Å². The van der Waals surface area contributed by atoms with Gasteiger partial charge in [0.2, 0.25) is 5.91 Å². The van der Waals surface area contributed by atoms with Crippen LogP contribution < -0.4 is 0 Å². The Morgan fingerprint density at radius 2 is 1.62 bits per heavy atom. The number of aryl methyl sites for hydroxylation is 3. The van der Waals surface area contributed by atoms with Crippen LogP contribution in [-0.4, -0.2) is 35.0 Å². The summed E-state index contributed by atoms with van der Waals surface area (Å²) in [6, 6.07) is 4.08. The van der Waals surface area contributed by atoms with E-state index >= 15 is 0 Å². The summed E-state index contributed by atoms with van der Waals surface area (Å²) in [5.41, 5.74) is 3.45. The minimum Gasteiger partial charge on any atom is -0.464 e. The first-order valence-electron chi connectivity index (χ1n) is 8.58. The van der Waals surface area contributed by atoms with Gasteiger partial charge in [0.15, 0.2) is 0 Å². The van der Waals surface area contributed by atoms with Crippen molar-refractivity contribution in [3.05, 3.63) is 34.4 Å². The molecule has 24 heavy (non-hydrogen) atoms. The Morgan fingerprint density at radius 1 is 1.12 bits per heavy atom. The summed E-state index contributed by atoms with van der Waals surface area (Å²) in [6.45, 7) is 15.5. The third-order valence-electron chi connectivity index (χ3n) is 4.33. The van der Waals surface area contributed by atoms with Crippen LogP contribution in [0.1, 0.15) is 56.9 Å². The lowest BCUT2D eigenvalue weighted by molar-refractivity contribution is -0.163. The van der Waals surface area contributed by atoms with E-state index in [1.165, 1.54) is 5.56 Å². The van der Waals surface area contributed by atoms with E-state index in [0.29, 0.717) is 13.0 Å². The monoisotopic (exact) mass is 333 g/mol. The van der Waals surface area contributed by atoms with Crippen LogP contribution in [0.3, 0.4) is 0 Å². The molecule has 0 spiro atoms. The molecule has 1 amide bonds. The fourth-order valence-electron chi connectivity index (χ4n) is 3.38. The van der Waals surface area contributed by atoms with Crippen molar-refractivity contribution in [2.24, 2.45) is 0 Å². The summed E-state index contributed by atoms with van der Waals surface area (Å²) < 4.78 is 5.17. The van der Waals surface area contributed by atoms with Crippen LogP contribution in [0.2, 0.25) is 0 Å². The largest absolute Gasteiger partial charge is 0.464 e. The van der Waals surface area contributed by atoms with Crippen molar-refractivity contribution in [3.63, 3.8) is 0 Å². The topological polar surface area (TPSA) is 46.6 Å². The summed E-state index contributed by atoms with van der Waals surface area (Å²) in [7, 11) is 0. The van der Waals surface area contributed by atoms with Gasteiger partial charge in [-0.15, -0.1) is 0 Å². The van der Waals surface area contributed by atoms with Gasteiger partial charge < -0.3 is 9.64 Å². The van der Waals surface area contributed by atoms with Crippen LogP contribution in [0.25, 0.3) is 0 Å². The van der Waals surface area contributed by atoms with Gasteiger partial charge in [0.05, 0.1) is 13.0 Å². The van der Waals surface area contributed by atoms with Gasteiger partial charge in [-0.3, -0.25) is 4.79 Å². The molecular weight excluding hydrogens is 302 g/mol. The number of hydrogen-bond donors (Lipinski definition) is 0. The average molecular weight is 333 g/mol. The number of benzene rings is 1. The number of rotatable bonds is 6. The first-order valence-corrected chi connectivity index (χ1v) is 8.58. The second kappa shape index (κ2) is 7.82. The lowest BCUT2D eigenvalue weighted by Gasteiger charge is -2.39. The highest BCUT2D eigenvalue weighted by Gasteiger charge is 2.40. The van der Waals surface area contributed by atoms with E-state index in [1.54, 1.807) is 25.7 Å². The summed E-state index contributed by atoms with van der Waals surface area (Å²) in [5, 5.41) is 0. The van der Waals surface area contributed by atoms with Crippen molar-refractivity contribution in [1.29, 1.82) is 0 Å². The van der Waals surface area contributed by atoms with E-state index in [4.69, 9.17) is 4.74 Å². The third-order valence-corrected chi connectivity index (χ3v) is 4.33. The van der Waals surface area contributed by atoms with Gasteiger partial charge in [-0.2, -0.15) is 0 Å². The van der Waals surface area contributed by atoms with E-state index in [2.05, 4.69) is 19.1 Å². The lowest BCUT2D eigenvalue weighted by atomic mass is 9.94. The van der Waals surface area contributed by atoms with E-state index < -0.39 is 5.54 Å². The Labute approximate surface area is 146 Å². The second-order valence-electron chi connectivity index (χ2n) is 7.19. The standard InChI is InChI=1S/C20H31NO3/c1-9-24-19(23)20(7,8)21(13(2)3)18(22)12-17-15(5)10-14(4)11-16(17)6/h10-11,13H,9,12H2,1-8H3. The Balaban J connectivity index is 3.15. The zero-order valence-corrected chi connectivity index (χ0v) is 16.3. The fourth-order valence-corrected chi connectivity index (χ4v) is 3.38. The normalized spacial score (nSPS) is 11.5. The molecule has 0 aromatic heterocycles. The van der Waals surface area contributed by atoms with Crippen molar-refractivity contribution in [3.8, 4) is 0 Å². The average Bonchev–Trinajstić information content (AvgIpc) is 2.42. The number of nitrogens with zero attached hydrogens (tertiary/aromatic N) is 1. The molecule has 0 unspecified atom stereocenters. The molecule has 1 aromatic rings. The quantitative estimate of drug-likeness (QED) is 0.745. The molecular formula is C20H31NO3. The SMILES string of the molecule is CCOC(=O)C(C)(C)N(C(=O)Cc1c(C)cc(C)cc1C)C(C)C. The first-order chi connectivity index (χ1) is 11.0. The van der Waals surface area contributed by atoms with Gasteiger partial charge in [0.1, 0.15) is 5.54 Å². The number of esters is 1. The molecule has 0 aliphatic rings. The maximum atomic E-state index is 13.0. The predicted octanol–water partition coefficient (Wildman–Crippen LogP) is 3.73. The maximum absolute atomic E-state index is 13.0. The highest BCUT2D eigenvalue weighted by Crippen LogP contribution is 2.24. The molecule has 0 heterocycles. The molecule has 0 fully saturated rings. The van der Waals surface area contributed by atoms with E-state index in [9.17, 15) is 9.59 Å². The van der Waals surface area contributed by atoms with Crippen molar-refractivity contribution >= 4 is 11.9 Å². The minimum atomic E-state index is -0.992. The Bertz CT molecular complexity index is 594. The summed E-state index contributed by atoms with van der Waals surface area (Å²) >= 11 is 0. The highest BCUT2D eigenvalue weighted by molar-refractivity contribution is 5.89. The molecule has 0 bridgehead atoms. The maximum Gasteiger partial charge on any atom is 0.331 e. The third kappa shape index (κ3) is 4.37. The molecule has 0 N–H and O–H groups in total. The minimum absolute atomic E-state index is 0.0573. The molecule has 0 saturated heterocycles. The molecule has 1 rings (SSSR count). The molecule has 0 atom stereocenters. The van der Waals surface area contributed by atoms with E-state index in [1.807, 2.05) is 27.7 Å². The summed E-state index contributed by atoms with van der Waals surface area (Å²) in [6.07, 6.45) is 0.291. The molecule has 0 aliphatic carbocycles. The number of hydrogen-bond acceptors (Lipinski definition) is 3. The smallest absolute Gasteiger partial charge is 0.331 e. The number of ether oxygens (including phenoxy) is 1. The molecule has 134 valence electrons. The van der Waals surface area contributed by atoms with Gasteiger partial charge in [-0.05, 0) is 72.1 Å². The van der Waals surface area contributed by atoms with Crippen molar-refractivity contribution in [2.45, 2.75) is 73.4 Å². The van der Waals surface area contributed by atoms with Crippen LogP contribution in [0, 0.1) is 20.8 Å². The van der Waals surface area contributed by atoms with Gasteiger partial charge >= 0.3 is 5.97 Å². The summed E-state index contributed by atoms with van der Waals surface area (Å²) in [4.78, 5) is 27.0. The van der Waals surface area contributed by atoms with Crippen LogP contribution in [0.15, 0.2) is 12.1 Å². The molecule has 0 aliphatic heterocycles. The molecule has 4 nitrogen and oxygen atoms in total. The zero-order valence-electron chi connectivity index (χ0n) is 16.3. The Morgan fingerprint density at radius 3 is 2.04 bits per heavy atom. The van der Waals surface area contributed by atoms with Crippen molar-refractivity contribution < 1.29 is 14.3 Å². The molecule has 4 heteroatoms. The van der Waals surface area contributed by atoms with Gasteiger partial charge in [0, 0.05) is 6.04 Å². The Hall–Kier alpha value is -1.84. The first kappa shape index (κ1) is 20.2. The highest BCUT2D eigenvalue weighted by atomic mass is 16.5. The summed E-state index contributed by atoms with van der Waals surface area (Å²) in [5.74, 6) is -0.428. The molecule has 0 radical (unpaired) electrons. The molecule has 0 saturated carbocycles. The van der Waals surface area contributed by atoms with Crippen LogP contribution in [-0.2, 0) is 20.7 Å². The number of amides is 1. The fraction of sp³-hybridized carbons (Fsp3) is 0.600. The number of carbonyl (C=O) groups excluding carboxylic acids is 2. The van der Waals surface area contributed by atoms with Crippen LogP contribution >= 0.6 is 0 Å². The van der Waals surface area contributed by atoms with Gasteiger partial charge in [-0.1, -0.05) is 17.7 Å². The van der Waals surface area contributed by atoms with E-state index in [0.717, 1.165) is 16.7 Å². The van der Waals surface area contributed by atoms with Gasteiger partial charge in [0.25, 0.3) is 0 Å². The predicted molar refractivity (Wildman–Crippen MR) is 97.1 cm³/mol. The Kier molecular flexibility index (Phi) is 6.58. The van der Waals surface area contributed by atoms with Crippen LogP contribution in [0.4, 0.5) is 0 Å². The van der Waals surface area contributed by atoms with Gasteiger partial charge in [-0.25, -0.2) is 4.79 Å². The lowest BCUT2D eigenvalue weighted by Crippen LogP contribution is -2.57. The number of carbonyl (C=O) groups is 2. The van der Waals surface area contributed by atoms with Crippen molar-refractivity contribution in [2.75, 3.05) is 6.61 Å².